The molecule has 9 heteroatoms. The van der Waals surface area contributed by atoms with Gasteiger partial charge in [0.1, 0.15) is 5.75 Å². The van der Waals surface area contributed by atoms with Crippen LogP contribution in [-0.4, -0.2) is 63.5 Å². The van der Waals surface area contributed by atoms with E-state index in [-0.39, 0.29) is 10.5 Å². The summed E-state index contributed by atoms with van der Waals surface area (Å²) in [5.41, 5.74) is 1.35. The van der Waals surface area contributed by atoms with Crippen molar-refractivity contribution >= 4 is 31.9 Å². The van der Waals surface area contributed by atoms with Crippen molar-refractivity contribution in [1.29, 1.82) is 0 Å². The van der Waals surface area contributed by atoms with Crippen molar-refractivity contribution in [2.24, 2.45) is 0 Å². The number of carbonyl (C=O) groups is 1. The van der Waals surface area contributed by atoms with Gasteiger partial charge in [0.05, 0.1) is 24.2 Å². The van der Waals surface area contributed by atoms with Gasteiger partial charge in [-0.15, -0.1) is 0 Å². The molecule has 0 amide bonds. The molecule has 1 aliphatic heterocycles. The summed E-state index contributed by atoms with van der Waals surface area (Å²) < 4.78 is 38.3. The highest BCUT2D eigenvalue weighted by Crippen LogP contribution is 2.25. The number of piperazine rings is 1. The fourth-order valence-electron chi connectivity index (χ4n) is 3.32. The smallest absolute Gasteiger partial charge is 0.339 e. The van der Waals surface area contributed by atoms with Crippen LogP contribution in [0.15, 0.2) is 51.8 Å². The number of rotatable bonds is 7. The number of carbonyl (C=O) groups excluding carboxylic acids is 1. The lowest BCUT2D eigenvalue weighted by Gasteiger charge is -2.34. The van der Waals surface area contributed by atoms with Crippen LogP contribution in [0.25, 0.3) is 0 Å². The summed E-state index contributed by atoms with van der Waals surface area (Å²) in [5, 5.41) is 0. The summed E-state index contributed by atoms with van der Waals surface area (Å²) >= 11 is 3.26. The van der Waals surface area contributed by atoms with Crippen LogP contribution in [0.1, 0.15) is 22.8 Å². The number of hydrogen-bond donors (Lipinski definition) is 0. The highest BCUT2D eigenvalue weighted by atomic mass is 79.9. The fourth-order valence-corrected chi connectivity index (χ4v) is 5.18. The summed E-state index contributed by atoms with van der Waals surface area (Å²) in [7, 11) is -2.43. The van der Waals surface area contributed by atoms with E-state index in [2.05, 4.69) is 20.8 Å². The van der Waals surface area contributed by atoms with E-state index < -0.39 is 16.0 Å². The zero-order chi connectivity index (χ0) is 21.7. The lowest BCUT2D eigenvalue weighted by Crippen LogP contribution is -2.48. The number of ether oxygens (including phenoxy) is 2. The van der Waals surface area contributed by atoms with Crippen molar-refractivity contribution in [1.82, 2.24) is 9.21 Å². The van der Waals surface area contributed by atoms with Crippen molar-refractivity contribution < 1.29 is 22.7 Å². The summed E-state index contributed by atoms with van der Waals surface area (Å²) in [4.78, 5) is 14.2. The summed E-state index contributed by atoms with van der Waals surface area (Å²) in [5.74, 6) is 0.261. The molecule has 0 aliphatic carbocycles. The third-order valence-corrected chi connectivity index (χ3v) is 7.54. The third-order valence-electron chi connectivity index (χ3n) is 4.95. The normalized spacial score (nSPS) is 15.7. The number of methoxy groups -OCH3 is 1. The second kappa shape index (κ2) is 9.91. The predicted octanol–water partition coefficient (Wildman–Crippen LogP) is 3.14. The molecular formula is C21H25BrN2O5S. The Morgan fingerprint density at radius 3 is 2.33 bits per heavy atom. The van der Waals surface area contributed by atoms with Crippen molar-refractivity contribution in [3.05, 3.63) is 58.1 Å². The molecule has 2 aromatic rings. The summed E-state index contributed by atoms with van der Waals surface area (Å²) in [6.45, 7) is 5.39. The number of hydrogen-bond acceptors (Lipinski definition) is 6. The maximum atomic E-state index is 13.1. The fraction of sp³-hybridized carbons (Fsp3) is 0.381. The second-order valence-electron chi connectivity index (χ2n) is 6.89. The zero-order valence-corrected chi connectivity index (χ0v) is 19.4. The van der Waals surface area contributed by atoms with Gasteiger partial charge in [0.25, 0.3) is 0 Å². The molecule has 0 saturated carbocycles. The topological polar surface area (TPSA) is 76.2 Å². The van der Waals surface area contributed by atoms with Crippen LogP contribution >= 0.6 is 15.9 Å². The van der Waals surface area contributed by atoms with E-state index in [0.29, 0.717) is 37.3 Å². The summed E-state index contributed by atoms with van der Waals surface area (Å²) in [6.07, 6.45) is 0. The van der Waals surface area contributed by atoms with Crippen LogP contribution in [0.2, 0.25) is 0 Å². The van der Waals surface area contributed by atoms with Crippen LogP contribution in [0, 0.1) is 0 Å². The minimum atomic E-state index is -3.69. The van der Waals surface area contributed by atoms with Crippen molar-refractivity contribution in [3.8, 4) is 5.75 Å². The molecule has 0 aromatic heterocycles. The Balaban J connectivity index is 1.64. The number of halogens is 1. The van der Waals surface area contributed by atoms with E-state index in [4.69, 9.17) is 9.47 Å². The van der Waals surface area contributed by atoms with Gasteiger partial charge in [-0.05, 0) is 58.7 Å². The molecule has 1 aliphatic rings. The molecule has 162 valence electrons. The molecule has 1 heterocycles. The molecule has 3 rings (SSSR count). The minimum absolute atomic E-state index is 0.0889. The van der Waals surface area contributed by atoms with Gasteiger partial charge in [-0.3, -0.25) is 4.90 Å². The SMILES string of the molecule is CCOc1ccc(CN2CCN(S(=O)(=O)c3ccc(Br)c(C(=O)OC)c3)CC2)cc1. The molecule has 2 aromatic carbocycles. The number of nitrogens with zero attached hydrogens (tertiary/aromatic N) is 2. The monoisotopic (exact) mass is 496 g/mol. The molecule has 7 nitrogen and oxygen atoms in total. The molecular weight excluding hydrogens is 472 g/mol. The Labute approximate surface area is 185 Å². The van der Waals surface area contributed by atoms with Gasteiger partial charge in [-0.2, -0.15) is 4.31 Å². The second-order valence-corrected chi connectivity index (χ2v) is 9.68. The highest BCUT2D eigenvalue weighted by Gasteiger charge is 2.29. The Bertz CT molecular complexity index is 987. The van der Waals surface area contributed by atoms with Crippen LogP contribution in [0.4, 0.5) is 0 Å². The van der Waals surface area contributed by atoms with Crippen LogP contribution in [0.3, 0.4) is 0 Å². The Kier molecular flexibility index (Phi) is 7.51. The van der Waals surface area contributed by atoms with Gasteiger partial charge in [0, 0.05) is 37.2 Å². The van der Waals surface area contributed by atoms with Gasteiger partial charge in [-0.25, -0.2) is 13.2 Å². The number of benzene rings is 2. The van der Waals surface area contributed by atoms with E-state index in [1.807, 2.05) is 31.2 Å². The minimum Gasteiger partial charge on any atom is -0.494 e. The van der Waals surface area contributed by atoms with E-state index in [1.165, 1.54) is 23.5 Å². The molecule has 1 fully saturated rings. The lowest BCUT2D eigenvalue weighted by molar-refractivity contribution is 0.0599. The quantitative estimate of drug-likeness (QED) is 0.548. The Morgan fingerprint density at radius 1 is 1.07 bits per heavy atom. The molecule has 0 radical (unpaired) electrons. The van der Waals surface area contributed by atoms with E-state index >= 15 is 0 Å². The maximum absolute atomic E-state index is 13.1. The van der Waals surface area contributed by atoms with Crippen molar-refractivity contribution in [2.75, 3.05) is 39.9 Å². The predicted molar refractivity (Wildman–Crippen MR) is 117 cm³/mol. The standard InChI is InChI=1S/C21H25BrN2O5S/c1-3-29-17-6-4-16(5-7-17)15-23-10-12-24(13-11-23)30(26,27)18-8-9-20(22)19(14-18)21(25)28-2/h4-9,14H,3,10-13,15H2,1-2H3. The van der Waals surface area contributed by atoms with Gasteiger partial charge in [0.15, 0.2) is 0 Å². The van der Waals surface area contributed by atoms with E-state index in [0.717, 1.165) is 17.9 Å². The third kappa shape index (κ3) is 5.21. The summed E-state index contributed by atoms with van der Waals surface area (Å²) in [6, 6.07) is 12.4. The van der Waals surface area contributed by atoms with E-state index in [9.17, 15) is 13.2 Å². The van der Waals surface area contributed by atoms with Crippen molar-refractivity contribution in [3.63, 3.8) is 0 Å². The molecule has 0 bridgehead atoms. The van der Waals surface area contributed by atoms with Gasteiger partial charge >= 0.3 is 5.97 Å². The average molecular weight is 497 g/mol. The van der Waals surface area contributed by atoms with Crippen LogP contribution in [-0.2, 0) is 21.3 Å². The molecule has 0 spiro atoms. The van der Waals surface area contributed by atoms with Gasteiger partial charge < -0.3 is 9.47 Å². The molecule has 0 atom stereocenters. The molecule has 0 unspecified atom stereocenters. The van der Waals surface area contributed by atoms with Crippen LogP contribution in [0.5, 0.6) is 5.75 Å². The zero-order valence-electron chi connectivity index (χ0n) is 17.0. The van der Waals surface area contributed by atoms with Crippen molar-refractivity contribution in [2.45, 2.75) is 18.4 Å². The molecule has 0 N–H and O–H groups in total. The van der Waals surface area contributed by atoms with Crippen LogP contribution < -0.4 is 4.74 Å². The Hall–Kier alpha value is -1.94. The van der Waals surface area contributed by atoms with E-state index in [1.54, 1.807) is 6.07 Å². The largest absolute Gasteiger partial charge is 0.494 e. The number of esters is 1. The average Bonchev–Trinajstić information content (AvgIpc) is 2.75. The lowest BCUT2D eigenvalue weighted by atomic mass is 10.2. The van der Waals surface area contributed by atoms with Gasteiger partial charge in [-0.1, -0.05) is 12.1 Å². The van der Waals surface area contributed by atoms with Gasteiger partial charge in [0.2, 0.25) is 10.0 Å². The molecule has 30 heavy (non-hydrogen) atoms. The Morgan fingerprint density at radius 2 is 1.73 bits per heavy atom. The maximum Gasteiger partial charge on any atom is 0.339 e. The highest BCUT2D eigenvalue weighted by molar-refractivity contribution is 9.10. The molecule has 1 saturated heterocycles. The number of sulfonamides is 1. The first-order valence-electron chi connectivity index (χ1n) is 9.67. The first-order valence-corrected chi connectivity index (χ1v) is 11.9. The first kappa shape index (κ1) is 22.7. The first-order chi connectivity index (χ1) is 14.3.